The highest BCUT2D eigenvalue weighted by molar-refractivity contribution is 7.89. The van der Waals surface area contributed by atoms with Crippen LogP contribution in [0.3, 0.4) is 0 Å². The van der Waals surface area contributed by atoms with E-state index < -0.39 is 16.1 Å². The zero-order valence-corrected chi connectivity index (χ0v) is 13.1. The Morgan fingerprint density at radius 3 is 2.57 bits per heavy atom. The first kappa shape index (κ1) is 15.8. The molecule has 6 heteroatoms. The Kier molecular flexibility index (Phi) is 4.82. The summed E-state index contributed by atoms with van der Waals surface area (Å²) in [7, 11) is -2.06. The van der Waals surface area contributed by atoms with Gasteiger partial charge in [0.15, 0.2) is 0 Å². The van der Waals surface area contributed by atoms with Gasteiger partial charge in [-0.3, -0.25) is 0 Å². The predicted molar refractivity (Wildman–Crippen MR) is 79.6 cm³/mol. The third kappa shape index (κ3) is 3.72. The molecule has 0 fully saturated rings. The molecule has 0 radical (unpaired) electrons. The van der Waals surface area contributed by atoms with Crippen LogP contribution in [0.15, 0.2) is 45.9 Å². The molecule has 0 spiro atoms. The van der Waals surface area contributed by atoms with Crippen LogP contribution in [0.2, 0.25) is 0 Å². The maximum absolute atomic E-state index is 12.3. The average Bonchev–Trinajstić information content (AvgIpc) is 2.96. The quantitative estimate of drug-likeness (QED) is 0.890. The van der Waals surface area contributed by atoms with Gasteiger partial charge in [0, 0.05) is 13.7 Å². The molecule has 0 saturated heterocycles. The minimum absolute atomic E-state index is 0.110. The summed E-state index contributed by atoms with van der Waals surface area (Å²) < 4.78 is 37.6. The number of sulfonamides is 1. The van der Waals surface area contributed by atoms with Gasteiger partial charge in [-0.05, 0) is 49.2 Å². The van der Waals surface area contributed by atoms with Gasteiger partial charge in [-0.25, -0.2) is 13.1 Å². The van der Waals surface area contributed by atoms with Gasteiger partial charge in [0.2, 0.25) is 10.0 Å². The molecule has 1 heterocycles. The van der Waals surface area contributed by atoms with E-state index in [0.717, 1.165) is 11.1 Å². The molecule has 1 atom stereocenters. The topological polar surface area (TPSA) is 68.5 Å². The van der Waals surface area contributed by atoms with Crippen molar-refractivity contribution in [3.8, 4) is 0 Å². The van der Waals surface area contributed by atoms with Crippen molar-refractivity contribution in [1.82, 2.24) is 4.72 Å². The van der Waals surface area contributed by atoms with Crippen LogP contribution in [0.1, 0.15) is 23.0 Å². The van der Waals surface area contributed by atoms with Crippen molar-refractivity contribution in [2.24, 2.45) is 0 Å². The molecule has 1 aromatic heterocycles. The number of nitrogens with one attached hydrogen (secondary N) is 1. The van der Waals surface area contributed by atoms with E-state index in [1.807, 2.05) is 13.8 Å². The van der Waals surface area contributed by atoms with Crippen molar-refractivity contribution in [1.29, 1.82) is 0 Å². The molecule has 5 nitrogen and oxygen atoms in total. The Morgan fingerprint density at radius 1 is 1.24 bits per heavy atom. The molecule has 114 valence electrons. The Hall–Kier alpha value is -1.63. The lowest BCUT2D eigenvalue weighted by Crippen LogP contribution is -2.29. The first-order valence-electron chi connectivity index (χ1n) is 6.57. The van der Waals surface area contributed by atoms with E-state index in [9.17, 15) is 8.42 Å². The molecule has 1 aromatic carbocycles. The van der Waals surface area contributed by atoms with Gasteiger partial charge >= 0.3 is 0 Å². The van der Waals surface area contributed by atoms with Crippen LogP contribution in [0.5, 0.6) is 0 Å². The van der Waals surface area contributed by atoms with Crippen LogP contribution in [-0.4, -0.2) is 22.1 Å². The van der Waals surface area contributed by atoms with Crippen molar-refractivity contribution < 1.29 is 17.6 Å². The lowest BCUT2D eigenvalue weighted by Gasteiger charge is -2.14. The van der Waals surface area contributed by atoms with Gasteiger partial charge in [-0.1, -0.05) is 6.07 Å². The summed E-state index contributed by atoms with van der Waals surface area (Å²) in [5, 5.41) is 0. The van der Waals surface area contributed by atoms with Gasteiger partial charge < -0.3 is 9.15 Å². The molecule has 1 N–H and O–H groups in total. The number of methoxy groups -OCH3 is 1. The fourth-order valence-electron chi connectivity index (χ4n) is 1.92. The minimum Gasteiger partial charge on any atom is -0.467 e. The van der Waals surface area contributed by atoms with Crippen LogP contribution in [0.25, 0.3) is 0 Å². The lowest BCUT2D eigenvalue weighted by molar-refractivity contribution is 0.0878. The first-order chi connectivity index (χ1) is 9.94. The summed E-state index contributed by atoms with van der Waals surface area (Å²) in [4.78, 5) is 0.250. The zero-order valence-electron chi connectivity index (χ0n) is 12.3. The first-order valence-corrected chi connectivity index (χ1v) is 8.05. The normalized spacial score (nSPS) is 13.3. The lowest BCUT2D eigenvalue weighted by atomic mass is 10.1. The SMILES string of the molecule is COC(CNS(=O)(=O)c1ccc(C)c(C)c1)c1ccco1. The molecule has 0 amide bonds. The summed E-state index contributed by atoms with van der Waals surface area (Å²) >= 11 is 0. The summed E-state index contributed by atoms with van der Waals surface area (Å²) in [5.74, 6) is 0.584. The average molecular weight is 309 g/mol. The number of benzene rings is 1. The van der Waals surface area contributed by atoms with Gasteiger partial charge in [0.05, 0.1) is 11.2 Å². The number of hydrogen-bond acceptors (Lipinski definition) is 4. The fraction of sp³-hybridized carbons (Fsp3) is 0.333. The predicted octanol–water partition coefficient (Wildman–Crippen LogP) is 2.56. The Balaban J connectivity index is 2.12. The van der Waals surface area contributed by atoms with Gasteiger partial charge in [0.1, 0.15) is 11.9 Å². The molecule has 0 aliphatic rings. The molecular weight excluding hydrogens is 290 g/mol. The molecular formula is C15H19NO4S. The molecule has 2 aromatic rings. The highest BCUT2D eigenvalue weighted by Crippen LogP contribution is 2.18. The maximum Gasteiger partial charge on any atom is 0.240 e. The van der Waals surface area contributed by atoms with Crippen molar-refractivity contribution in [2.45, 2.75) is 24.8 Å². The molecule has 0 bridgehead atoms. The Morgan fingerprint density at radius 2 is 2.00 bits per heavy atom. The number of ether oxygens (including phenoxy) is 1. The second kappa shape index (κ2) is 6.43. The fourth-order valence-corrected chi connectivity index (χ4v) is 3.04. The number of furan rings is 1. The number of hydrogen-bond donors (Lipinski definition) is 1. The molecule has 2 rings (SSSR count). The second-order valence-electron chi connectivity index (χ2n) is 4.84. The second-order valence-corrected chi connectivity index (χ2v) is 6.60. The maximum atomic E-state index is 12.3. The highest BCUT2D eigenvalue weighted by Gasteiger charge is 2.19. The Labute approximate surface area is 125 Å². The molecule has 1 unspecified atom stereocenters. The van der Waals surface area contributed by atoms with Crippen LogP contribution in [0.4, 0.5) is 0 Å². The van der Waals surface area contributed by atoms with Crippen LogP contribution in [0, 0.1) is 13.8 Å². The summed E-state index contributed by atoms with van der Waals surface area (Å²) in [5.41, 5.74) is 1.99. The van der Waals surface area contributed by atoms with E-state index in [-0.39, 0.29) is 11.4 Å². The Bertz CT molecular complexity index is 692. The largest absolute Gasteiger partial charge is 0.467 e. The van der Waals surface area contributed by atoms with E-state index in [1.165, 1.54) is 13.4 Å². The summed E-state index contributed by atoms with van der Waals surface area (Å²) in [6, 6.07) is 8.54. The van der Waals surface area contributed by atoms with E-state index in [0.29, 0.717) is 5.76 Å². The summed E-state index contributed by atoms with van der Waals surface area (Å²) in [6.45, 7) is 3.94. The van der Waals surface area contributed by atoms with Gasteiger partial charge in [-0.2, -0.15) is 0 Å². The minimum atomic E-state index is -3.57. The smallest absolute Gasteiger partial charge is 0.240 e. The van der Waals surface area contributed by atoms with Crippen molar-refractivity contribution >= 4 is 10.0 Å². The van der Waals surface area contributed by atoms with Gasteiger partial charge in [0.25, 0.3) is 0 Å². The number of aryl methyl sites for hydroxylation is 2. The van der Waals surface area contributed by atoms with Crippen molar-refractivity contribution in [2.75, 3.05) is 13.7 Å². The van der Waals surface area contributed by atoms with E-state index >= 15 is 0 Å². The van der Waals surface area contributed by atoms with Crippen molar-refractivity contribution in [3.63, 3.8) is 0 Å². The standard InChI is InChI=1S/C15H19NO4S/c1-11-6-7-13(9-12(11)2)21(17,18)16-10-15(19-3)14-5-4-8-20-14/h4-9,15-16H,10H2,1-3H3. The monoisotopic (exact) mass is 309 g/mol. The van der Waals surface area contributed by atoms with E-state index in [1.54, 1.807) is 30.3 Å². The van der Waals surface area contributed by atoms with E-state index in [2.05, 4.69) is 4.72 Å². The van der Waals surface area contributed by atoms with Gasteiger partial charge in [-0.15, -0.1) is 0 Å². The van der Waals surface area contributed by atoms with E-state index in [4.69, 9.17) is 9.15 Å². The molecule has 0 saturated carbocycles. The summed E-state index contributed by atoms with van der Waals surface area (Å²) in [6.07, 6.45) is 1.07. The highest BCUT2D eigenvalue weighted by atomic mass is 32.2. The zero-order chi connectivity index (χ0) is 15.5. The molecule has 0 aliphatic carbocycles. The number of rotatable bonds is 6. The third-order valence-corrected chi connectivity index (χ3v) is 4.81. The molecule has 21 heavy (non-hydrogen) atoms. The van der Waals surface area contributed by atoms with Crippen LogP contribution in [-0.2, 0) is 14.8 Å². The molecule has 0 aliphatic heterocycles. The van der Waals surface area contributed by atoms with Crippen LogP contribution >= 0.6 is 0 Å². The third-order valence-electron chi connectivity index (χ3n) is 3.39. The van der Waals surface area contributed by atoms with Crippen LogP contribution < -0.4 is 4.72 Å². The van der Waals surface area contributed by atoms with Crippen molar-refractivity contribution in [3.05, 3.63) is 53.5 Å².